The van der Waals surface area contributed by atoms with Gasteiger partial charge in [-0.1, -0.05) is 18.2 Å². The molecule has 0 saturated heterocycles. The first-order valence-electron chi connectivity index (χ1n) is 6.51. The van der Waals surface area contributed by atoms with Gasteiger partial charge in [0.15, 0.2) is 6.61 Å². The second-order valence-corrected chi connectivity index (χ2v) is 4.49. The van der Waals surface area contributed by atoms with Crippen molar-refractivity contribution in [3.05, 3.63) is 65.5 Å². The fraction of sp³-hybridized carbons (Fsp3) is 0.125. The van der Waals surface area contributed by atoms with Crippen molar-refractivity contribution in [2.75, 3.05) is 11.9 Å². The molecule has 22 heavy (non-hydrogen) atoms. The lowest BCUT2D eigenvalue weighted by Gasteiger charge is -2.07. The molecule has 2 N–H and O–H groups in total. The summed E-state index contributed by atoms with van der Waals surface area (Å²) in [4.78, 5) is 23.3. The first-order chi connectivity index (χ1) is 10.6. The van der Waals surface area contributed by atoms with Crippen LogP contribution in [-0.2, 0) is 16.1 Å². The van der Waals surface area contributed by atoms with Crippen molar-refractivity contribution >= 4 is 17.6 Å². The molecular formula is C16H14FNO4. The van der Waals surface area contributed by atoms with Crippen LogP contribution in [0.3, 0.4) is 0 Å². The van der Waals surface area contributed by atoms with Crippen LogP contribution < -0.4 is 5.32 Å². The summed E-state index contributed by atoms with van der Waals surface area (Å²) in [6.45, 7) is -0.595. The molecule has 2 rings (SSSR count). The van der Waals surface area contributed by atoms with E-state index in [0.29, 0.717) is 5.56 Å². The van der Waals surface area contributed by atoms with Crippen molar-refractivity contribution in [2.24, 2.45) is 0 Å². The number of esters is 1. The third-order valence-electron chi connectivity index (χ3n) is 2.81. The third kappa shape index (κ3) is 4.39. The molecule has 0 radical (unpaired) electrons. The number of ether oxygens (including phenoxy) is 1. The van der Waals surface area contributed by atoms with Crippen molar-refractivity contribution in [1.29, 1.82) is 0 Å². The first kappa shape index (κ1) is 15.7. The molecule has 2 aromatic rings. The molecular weight excluding hydrogens is 289 g/mol. The summed E-state index contributed by atoms with van der Waals surface area (Å²) in [6, 6.07) is 11.6. The van der Waals surface area contributed by atoms with E-state index in [1.807, 2.05) is 0 Å². The zero-order valence-electron chi connectivity index (χ0n) is 11.6. The lowest BCUT2D eigenvalue weighted by molar-refractivity contribution is -0.119. The van der Waals surface area contributed by atoms with Gasteiger partial charge in [-0.2, -0.15) is 0 Å². The Balaban J connectivity index is 1.86. The molecule has 5 nitrogen and oxygen atoms in total. The van der Waals surface area contributed by atoms with Crippen LogP contribution in [0.4, 0.5) is 10.1 Å². The molecule has 0 aliphatic carbocycles. The van der Waals surface area contributed by atoms with Gasteiger partial charge in [-0.15, -0.1) is 0 Å². The Morgan fingerprint density at radius 2 is 1.86 bits per heavy atom. The number of hydrogen-bond donors (Lipinski definition) is 2. The number of aliphatic hydroxyl groups is 1. The largest absolute Gasteiger partial charge is 0.452 e. The van der Waals surface area contributed by atoms with Crippen LogP contribution in [0.2, 0.25) is 0 Å². The monoisotopic (exact) mass is 303 g/mol. The number of carbonyl (C=O) groups excluding carboxylic acids is 2. The number of amides is 1. The quantitative estimate of drug-likeness (QED) is 0.830. The van der Waals surface area contributed by atoms with E-state index in [1.54, 1.807) is 12.1 Å². The zero-order chi connectivity index (χ0) is 15.9. The summed E-state index contributed by atoms with van der Waals surface area (Å²) in [5.74, 6) is -1.69. The van der Waals surface area contributed by atoms with Gasteiger partial charge in [0.25, 0.3) is 5.91 Å². The highest BCUT2D eigenvalue weighted by Gasteiger charge is 2.10. The minimum Gasteiger partial charge on any atom is -0.452 e. The molecule has 0 bridgehead atoms. The second kappa shape index (κ2) is 7.33. The van der Waals surface area contributed by atoms with Gasteiger partial charge >= 0.3 is 5.97 Å². The van der Waals surface area contributed by atoms with E-state index in [-0.39, 0.29) is 17.9 Å². The average Bonchev–Trinajstić information content (AvgIpc) is 2.52. The molecule has 0 heterocycles. The standard InChI is InChI=1S/C16H14FNO4/c17-13-2-1-3-14(8-13)18-15(20)10-22-16(21)12-6-4-11(9-19)5-7-12/h1-8,19H,9-10H2,(H,18,20). The predicted molar refractivity (Wildman–Crippen MR) is 77.7 cm³/mol. The number of anilines is 1. The van der Waals surface area contributed by atoms with Crippen LogP contribution >= 0.6 is 0 Å². The van der Waals surface area contributed by atoms with Gasteiger partial charge in [0.05, 0.1) is 12.2 Å². The van der Waals surface area contributed by atoms with Crippen LogP contribution in [0.5, 0.6) is 0 Å². The highest BCUT2D eigenvalue weighted by Crippen LogP contribution is 2.09. The van der Waals surface area contributed by atoms with Crippen LogP contribution in [-0.4, -0.2) is 23.6 Å². The number of hydrogen-bond acceptors (Lipinski definition) is 4. The fourth-order valence-electron chi connectivity index (χ4n) is 1.72. The minimum atomic E-state index is -0.654. The van der Waals surface area contributed by atoms with Gasteiger partial charge in [-0.25, -0.2) is 9.18 Å². The zero-order valence-corrected chi connectivity index (χ0v) is 11.6. The van der Waals surface area contributed by atoms with Gasteiger partial charge in [0, 0.05) is 5.69 Å². The van der Waals surface area contributed by atoms with E-state index >= 15 is 0 Å². The normalized spacial score (nSPS) is 10.1. The van der Waals surface area contributed by atoms with E-state index < -0.39 is 24.3 Å². The second-order valence-electron chi connectivity index (χ2n) is 4.49. The lowest BCUT2D eigenvalue weighted by atomic mass is 10.1. The molecule has 0 aromatic heterocycles. The fourth-order valence-corrected chi connectivity index (χ4v) is 1.72. The van der Waals surface area contributed by atoms with Crippen molar-refractivity contribution in [1.82, 2.24) is 0 Å². The van der Waals surface area contributed by atoms with E-state index in [0.717, 1.165) is 6.07 Å². The van der Waals surface area contributed by atoms with Crippen LogP contribution in [0.25, 0.3) is 0 Å². The van der Waals surface area contributed by atoms with Crippen molar-refractivity contribution in [3.63, 3.8) is 0 Å². The maximum absolute atomic E-state index is 13.0. The topological polar surface area (TPSA) is 75.6 Å². The number of carbonyl (C=O) groups is 2. The number of aliphatic hydroxyl groups excluding tert-OH is 1. The third-order valence-corrected chi connectivity index (χ3v) is 2.81. The molecule has 0 atom stereocenters. The average molecular weight is 303 g/mol. The van der Waals surface area contributed by atoms with Crippen molar-refractivity contribution in [3.8, 4) is 0 Å². The van der Waals surface area contributed by atoms with Crippen LogP contribution in [0.15, 0.2) is 48.5 Å². The highest BCUT2D eigenvalue weighted by molar-refractivity contribution is 5.95. The molecule has 0 fully saturated rings. The Hall–Kier alpha value is -2.73. The molecule has 0 saturated carbocycles. The van der Waals surface area contributed by atoms with E-state index in [2.05, 4.69) is 5.32 Å². The summed E-state index contributed by atoms with van der Waals surface area (Å²) in [7, 11) is 0. The van der Waals surface area contributed by atoms with Gasteiger partial charge in [-0.05, 0) is 35.9 Å². The van der Waals surface area contributed by atoms with E-state index in [9.17, 15) is 14.0 Å². The Morgan fingerprint density at radius 3 is 2.50 bits per heavy atom. The lowest BCUT2D eigenvalue weighted by Crippen LogP contribution is -2.21. The molecule has 114 valence electrons. The highest BCUT2D eigenvalue weighted by atomic mass is 19.1. The van der Waals surface area contributed by atoms with E-state index in [4.69, 9.17) is 9.84 Å². The molecule has 0 unspecified atom stereocenters. The van der Waals surface area contributed by atoms with Gasteiger partial charge in [-0.3, -0.25) is 4.79 Å². The molecule has 0 aliphatic rings. The Morgan fingerprint density at radius 1 is 1.14 bits per heavy atom. The summed E-state index contributed by atoms with van der Waals surface area (Å²) in [6.07, 6.45) is 0. The maximum Gasteiger partial charge on any atom is 0.338 e. The molecule has 0 aliphatic heterocycles. The summed E-state index contributed by atoms with van der Waals surface area (Å²) >= 11 is 0. The molecule has 2 aromatic carbocycles. The number of halogens is 1. The maximum atomic E-state index is 13.0. The first-order valence-corrected chi connectivity index (χ1v) is 6.51. The summed E-state index contributed by atoms with van der Waals surface area (Å²) in [5.41, 5.74) is 1.23. The summed E-state index contributed by atoms with van der Waals surface area (Å²) < 4.78 is 17.8. The molecule has 0 spiro atoms. The minimum absolute atomic E-state index is 0.120. The van der Waals surface area contributed by atoms with E-state index in [1.165, 1.54) is 30.3 Å². The predicted octanol–water partition coefficient (Wildman–Crippen LogP) is 2.11. The Bertz CT molecular complexity index is 670. The number of nitrogens with one attached hydrogen (secondary N) is 1. The smallest absolute Gasteiger partial charge is 0.338 e. The van der Waals surface area contributed by atoms with Crippen molar-refractivity contribution in [2.45, 2.75) is 6.61 Å². The SMILES string of the molecule is O=C(COC(=O)c1ccc(CO)cc1)Nc1cccc(F)c1. The Kier molecular flexibility index (Phi) is 5.21. The molecule has 1 amide bonds. The van der Waals surface area contributed by atoms with Gasteiger partial charge < -0.3 is 15.2 Å². The van der Waals surface area contributed by atoms with Crippen LogP contribution in [0.1, 0.15) is 15.9 Å². The van der Waals surface area contributed by atoms with Crippen molar-refractivity contribution < 1.29 is 23.8 Å². The van der Waals surface area contributed by atoms with Crippen LogP contribution in [0, 0.1) is 5.82 Å². The number of benzene rings is 2. The summed E-state index contributed by atoms with van der Waals surface area (Å²) in [5, 5.41) is 11.3. The Labute approximate surface area is 126 Å². The number of rotatable bonds is 5. The molecule has 6 heteroatoms. The van der Waals surface area contributed by atoms with Gasteiger partial charge in [0.1, 0.15) is 5.82 Å². The van der Waals surface area contributed by atoms with Gasteiger partial charge in [0.2, 0.25) is 0 Å².